The second-order valence-electron chi connectivity index (χ2n) is 24.3. The van der Waals surface area contributed by atoms with E-state index >= 15 is 0 Å². The third kappa shape index (κ3) is 35.6. The van der Waals surface area contributed by atoms with Crippen molar-refractivity contribution < 1.29 is 38.0 Å². The molecule has 1 saturated heterocycles. The second-order valence-corrected chi connectivity index (χ2v) is 25.8. The van der Waals surface area contributed by atoms with Crippen LogP contribution in [0.3, 0.4) is 0 Å². The summed E-state index contributed by atoms with van der Waals surface area (Å²) < 4.78 is 38.4. The van der Waals surface area contributed by atoms with E-state index in [1.165, 1.54) is 17.8 Å². The van der Waals surface area contributed by atoms with Crippen molar-refractivity contribution >= 4 is 40.4 Å². The maximum absolute atomic E-state index is 12.7. The van der Waals surface area contributed by atoms with Gasteiger partial charge in [0.1, 0.15) is 16.5 Å². The predicted octanol–water partition coefficient (Wildman–Crippen LogP) is 11.8. The van der Waals surface area contributed by atoms with E-state index in [-0.39, 0.29) is 11.4 Å². The molecule has 436 valence electrons. The number of benzene rings is 1. The molecule has 0 saturated carbocycles. The third-order valence-corrected chi connectivity index (χ3v) is 13.1. The topological polar surface area (TPSA) is 151 Å². The van der Waals surface area contributed by atoms with Crippen molar-refractivity contribution in [3.63, 3.8) is 0 Å². The normalized spacial score (nSPS) is 13.6. The molecule has 3 heterocycles. The van der Waals surface area contributed by atoms with Gasteiger partial charge in [0.25, 0.3) is 5.91 Å². The zero-order chi connectivity index (χ0) is 56.6. The van der Waals surface area contributed by atoms with E-state index < -0.39 is 0 Å². The van der Waals surface area contributed by atoms with Gasteiger partial charge in [0.15, 0.2) is 0 Å². The highest BCUT2D eigenvalue weighted by atomic mass is 35.5. The molecule has 1 aliphatic rings. The molecule has 76 heavy (non-hydrogen) atoms. The number of nitrogens with zero attached hydrogens (tertiary/aromatic N) is 5. The molecule has 17 heteroatoms. The van der Waals surface area contributed by atoms with Crippen LogP contribution in [0.15, 0.2) is 30.5 Å². The van der Waals surface area contributed by atoms with Crippen LogP contribution in [0.4, 0.5) is 11.5 Å². The van der Waals surface area contributed by atoms with E-state index in [9.17, 15) is 4.79 Å². The van der Waals surface area contributed by atoms with E-state index in [0.29, 0.717) is 117 Å². The van der Waals surface area contributed by atoms with E-state index in [1.54, 1.807) is 12.3 Å². The Balaban J connectivity index is 0.000000409. The van der Waals surface area contributed by atoms with E-state index in [4.69, 9.17) is 44.8 Å². The number of carbonyl (C=O) groups excluding carboxylic acids is 1. The molecule has 0 radical (unpaired) electrons. The number of rotatable bonds is 31. The minimum Gasteiger partial charge on any atom is -0.379 e. The van der Waals surface area contributed by atoms with Gasteiger partial charge in [0.05, 0.1) is 100 Å². The summed E-state index contributed by atoms with van der Waals surface area (Å²) in [6, 6.07) is 8.15. The summed E-state index contributed by atoms with van der Waals surface area (Å²) in [7, 11) is 0. The minimum absolute atomic E-state index is 0.146. The number of carbonyl (C=O) groups is 1. The SMILES string of the molecule is CC(C)(C)CCCOCCOCCOCCC(C)(C)C.CC(C)(C)CCOCCOCCOCCOCCNC(C)(C)C.Cc1nc(Cc2ncc(C(=O)Nc3c(C)cccc3Cl)s2)cc(N2CCN(C(C)C)CC2)n1. The molecule has 1 fully saturated rings. The van der Waals surface area contributed by atoms with E-state index in [0.717, 1.165) is 99.7 Å². The maximum Gasteiger partial charge on any atom is 0.267 e. The largest absolute Gasteiger partial charge is 0.379 e. The predicted molar refractivity (Wildman–Crippen MR) is 315 cm³/mol. The Bertz CT molecular complexity index is 1920. The Hall–Kier alpha value is -2.87. The van der Waals surface area contributed by atoms with Gasteiger partial charge in [-0.15, -0.1) is 11.3 Å². The van der Waals surface area contributed by atoms with Crippen molar-refractivity contribution in [2.75, 3.05) is 135 Å². The number of amides is 1. The minimum atomic E-state index is -0.211. The molecular weight excluding hydrogens is 1000 g/mol. The zero-order valence-corrected chi connectivity index (χ0v) is 51.8. The van der Waals surface area contributed by atoms with Crippen LogP contribution < -0.4 is 15.5 Å². The monoisotopic (exact) mass is 1110 g/mol. The number of hydrogen-bond donors (Lipinski definition) is 2. The molecule has 2 N–H and O–H groups in total. The smallest absolute Gasteiger partial charge is 0.267 e. The first-order chi connectivity index (χ1) is 35.7. The Morgan fingerprint density at radius 1 is 0.658 bits per heavy atom. The van der Waals surface area contributed by atoms with Crippen LogP contribution in [0, 0.1) is 30.1 Å². The van der Waals surface area contributed by atoms with E-state index in [1.807, 2.05) is 32.0 Å². The second kappa shape index (κ2) is 37.1. The molecule has 2 aromatic heterocycles. The van der Waals surface area contributed by atoms with Crippen molar-refractivity contribution in [1.29, 1.82) is 0 Å². The number of hydrogen-bond acceptors (Lipinski definition) is 15. The van der Waals surface area contributed by atoms with Crippen LogP contribution in [-0.4, -0.2) is 163 Å². The first kappa shape index (κ1) is 69.2. The number of ether oxygens (including phenoxy) is 7. The van der Waals surface area contributed by atoms with Crippen molar-refractivity contribution in [2.24, 2.45) is 16.2 Å². The number of halogens is 1. The van der Waals surface area contributed by atoms with Gasteiger partial charge in [-0.3, -0.25) is 9.69 Å². The molecule has 1 aromatic carbocycles. The lowest BCUT2D eigenvalue weighted by Gasteiger charge is -2.37. The van der Waals surface area contributed by atoms with Crippen LogP contribution in [0.2, 0.25) is 5.02 Å². The lowest BCUT2D eigenvalue weighted by Crippen LogP contribution is -2.49. The summed E-state index contributed by atoms with van der Waals surface area (Å²) in [6.45, 7) is 49.3. The first-order valence-corrected chi connectivity index (χ1v) is 29.0. The summed E-state index contributed by atoms with van der Waals surface area (Å²) in [5.74, 6) is 1.50. The molecule has 15 nitrogen and oxygen atoms in total. The summed E-state index contributed by atoms with van der Waals surface area (Å²) in [4.78, 5) is 31.8. The van der Waals surface area contributed by atoms with Gasteiger partial charge in [0.2, 0.25) is 0 Å². The number of piperazine rings is 1. The number of nitrogens with one attached hydrogen (secondary N) is 2. The molecule has 4 rings (SSSR count). The fourth-order valence-electron chi connectivity index (χ4n) is 7.21. The quantitative estimate of drug-likeness (QED) is 0.0588. The van der Waals surface area contributed by atoms with Crippen LogP contribution in [-0.2, 0) is 39.6 Å². The summed E-state index contributed by atoms with van der Waals surface area (Å²) in [5, 5.41) is 7.64. The average Bonchev–Trinajstić information content (AvgIpc) is 3.79. The molecule has 0 spiro atoms. The molecule has 0 bridgehead atoms. The highest BCUT2D eigenvalue weighted by Gasteiger charge is 2.22. The van der Waals surface area contributed by atoms with Gasteiger partial charge in [-0.1, -0.05) is 86.0 Å². The number of aryl methyl sites for hydroxylation is 2. The van der Waals surface area contributed by atoms with Crippen molar-refractivity contribution in [2.45, 2.75) is 154 Å². The van der Waals surface area contributed by atoms with Gasteiger partial charge in [-0.05, 0) is 102 Å². The standard InChI is InChI=1S/C24H29ClN6OS.C18H39NO4.C17H36O3/c1-15(2)30-8-10-31(11-9-30)21-12-18(27-17(4)28-21)13-22-26-14-20(33-22)24(32)29-23-16(3)6-5-7-19(23)25;1-17(2,3)7-9-20-11-13-22-15-16-23-14-12-21-10-8-19-18(4,5)6;1-16(2,3)8-7-10-18-12-14-20-15-13-19-11-9-17(4,5)6/h5-7,12,14-15H,8-11,13H2,1-4H3,(H,29,32);19H,7-16H2,1-6H3;7-15H2,1-6H3. The Labute approximate surface area is 470 Å². The zero-order valence-electron chi connectivity index (χ0n) is 50.2. The van der Waals surface area contributed by atoms with Crippen molar-refractivity contribution in [1.82, 2.24) is 25.2 Å². The Morgan fingerprint density at radius 2 is 1.14 bits per heavy atom. The number of anilines is 2. The highest BCUT2D eigenvalue weighted by Crippen LogP contribution is 2.28. The van der Waals surface area contributed by atoms with Gasteiger partial charge < -0.3 is 48.7 Å². The van der Waals surface area contributed by atoms with Gasteiger partial charge in [0, 0.05) is 76.6 Å². The van der Waals surface area contributed by atoms with Gasteiger partial charge in [-0.25, -0.2) is 15.0 Å². The number of thiazole rings is 1. The number of aromatic nitrogens is 3. The summed E-state index contributed by atoms with van der Waals surface area (Å²) in [5.41, 5.74) is 3.69. The maximum atomic E-state index is 12.7. The molecule has 0 atom stereocenters. The van der Waals surface area contributed by atoms with Crippen LogP contribution >= 0.6 is 22.9 Å². The first-order valence-electron chi connectivity index (χ1n) is 27.9. The fourth-order valence-corrected chi connectivity index (χ4v) is 8.31. The molecule has 1 amide bonds. The molecule has 0 unspecified atom stereocenters. The number of para-hydroxylation sites is 1. The van der Waals surface area contributed by atoms with Crippen LogP contribution in [0.5, 0.6) is 0 Å². The van der Waals surface area contributed by atoms with Crippen LogP contribution in [0.25, 0.3) is 0 Å². The molecule has 3 aromatic rings. The lowest BCUT2D eigenvalue weighted by atomic mass is 9.91. The van der Waals surface area contributed by atoms with Gasteiger partial charge in [-0.2, -0.15) is 0 Å². The molecular formula is C59H104ClN7O8S. The summed E-state index contributed by atoms with van der Waals surface area (Å²) >= 11 is 7.61. The third-order valence-electron chi connectivity index (χ3n) is 11.8. The Kier molecular flexibility index (Phi) is 33.8. The van der Waals surface area contributed by atoms with Crippen molar-refractivity contribution in [3.8, 4) is 0 Å². The van der Waals surface area contributed by atoms with Crippen LogP contribution in [0.1, 0.15) is 154 Å². The van der Waals surface area contributed by atoms with Crippen molar-refractivity contribution in [3.05, 3.63) is 62.5 Å². The molecule has 0 aliphatic carbocycles. The van der Waals surface area contributed by atoms with Gasteiger partial charge >= 0.3 is 0 Å². The molecule has 1 aliphatic heterocycles. The van der Waals surface area contributed by atoms with E-state index in [2.05, 4.69) is 132 Å². The fraction of sp³-hybridized carbons (Fsp3) is 0.763. The lowest BCUT2D eigenvalue weighted by molar-refractivity contribution is -0.00397. The average molecular weight is 1110 g/mol. The Morgan fingerprint density at radius 3 is 1.62 bits per heavy atom. The highest BCUT2D eigenvalue weighted by molar-refractivity contribution is 7.13. The summed E-state index contributed by atoms with van der Waals surface area (Å²) in [6.07, 6.45) is 6.66.